The fourth-order valence-electron chi connectivity index (χ4n) is 1.60. The number of hydrogen-bond acceptors (Lipinski definition) is 4. The molecule has 0 radical (unpaired) electrons. The minimum Gasteiger partial charge on any atom is -0.494 e. The molecule has 0 fully saturated rings. The van der Waals surface area contributed by atoms with Gasteiger partial charge in [-0.2, -0.15) is 9.78 Å². The first-order valence-electron chi connectivity index (χ1n) is 6.73. The summed E-state index contributed by atoms with van der Waals surface area (Å²) in [6, 6.07) is 7.74. The second-order valence-corrected chi connectivity index (χ2v) is 5.79. The van der Waals surface area contributed by atoms with Crippen LogP contribution in [0.4, 0.5) is 0 Å². The van der Waals surface area contributed by atoms with E-state index in [1.165, 1.54) is 4.68 Å². The van der Waals surface area contributed by atoms with Crippen molar-refractivity contribution in [2.75, 3.05) is 6.61 Å². The highest BCUT2D eigenvalue weighted by Crippen LogP contribution is 2.12. The number of aromatic amines is 2. The molecule has 0 saturated carbocycles. The van der Waals surface area contributed by atoms with Gasteiger partial charge in [-0.1, -0.05) is 13.8 Å². The van der Waals surface area contributed by atoms with Gasteiger partial charge in [-0.25, -0.2) is 0 Å². The van der Waals surface area contributed by atoms with Crippen LogP contribution in [0, 0.1) is 15.5 Å². The summed E-state index contributed by atoms with van der Waals surface area (Å²) in [6.07, 6.45) is 2.75. The summed E-state index contributed by atoms with van der Waals surface area (Å²) >= 11 is 10.1. The van der Waals surface area contributed by atoms with Crippen molar-refractivity contribution in [3.8, 4) is 5.75 Å². The molecular formula is C14H18N4OS2. The van der Waals surface area contributed by atoms with Gasteiger partial charge in [-0.3, -0.25) is 10.2 Å². The third kappa shape index (κ3) is 4.64. The second kappa shape index (κ2) is 7.33. The predicted octanol–water partition coefficient (Wildman–Crippen LogP) is 3.91. The van der Waals surface area contributed by atoms with Crippen molar-refractivity contribution in [2.45, 2.75) is 20.3 Å². The summed E-state index contributed by atoms with van der Waals surface area (Å²) in [5.74, 6) is 1.51. The molecule has 0 saturated heterocycles. The van der Waals surface area contributed by atoms with E-state index in [0.29, 0.717) is 15.5 Å². The first-order valence-corrected chi connectivity index (χ1v) is 7.55. The van der Waals surface area contributed by atoms with Gasteiger partial charge >= 0.3 is 0 Å². The molecule has 1 heterocycles. The SMILES string of the molecule is CC(C)CCOc1ccc(/C=N\n2c(=S)[nH][nH]c2=S)cc1. The van der Waals surface area contributed by atoms with Crippen molar-refractivity contribution in [1.82, 2.24) is 14.9 Å². The Labute approximate surface area is 133 Å². The van der Waals surface area contributed by atoms with E-state index in [1.54, 1.807) is 6.21 Å². The third-order valence-electron chi connectivity index (χ3n) is 2.83. The van der Waals surface area contributed by atoms with E-state index in [4.69, 9.17) is 29.2 Å². The molecule has 0 atom stereocenters. The number of H-pyrrole nitrogens is 2. The number of rotatable bonds is 6. The van der Waals surface area contributed by atoms with Gasteiger partial charge in [-0.05, 0) is 66.6 Å². The minimum absolute atomic E-state index is 0.435. The molecule has 0 spiro atoms. The second-order valence-electron chi connectivity index (χ2n) is 5.02. The number of nitrogens with zero attached hydrogens (tertiary/aromatic N) is 2. The number of aromatic nitrogens is 3. The standard InChI is InChI=1S/C14H18N4OS2/c1-10(2)7-8-19-12-5-3-11(4-6-12)9-15-18-13(20)16-17-14(18)21/h3-6,9-10H,7-8H2,1-2H3,(H,16,20)(H,17,21)/b15-9-. The molecule has 0 bridgehead atoms. The molecule has 1 aromatic heterocycles. The van der Waals surface area contributed by atoms with E-state index in [0.717, 1.165) is 24.3 Å². The predicted molar refractivity (Wildman–Crippen MR) is 89.2 cm³/mol. The Bertz CT molecular complexity index is 682. The Hall–Kier alpha value is -1.73. The molecule has 2 rings (SSSR count). The lowest BCUT2D eigenvalue weighted by molar-refractivity contribution is 0.289. The molecule has 0 aliphatic carbocycles. The van der Waals surface area contributed by atoms with Crippen LogP contribution in [0.1, 0.15) is 25.8 Å². The molecule has 0 aliphatic heterocycles. The summed E-state index contributed by atoms with van der Waals surface area (Å²) in [5.41, 5.74) is 0.948. The number of hydrogen-bond donors (Lipinski definition) is 2. The molecule has 0 amide bonds. The number of benzene rings is 1. The van der Waals surface area contributed by atoms with Crippen molar-refractivity contribution >= 4 is 30.7 Å². The third-order valence-corrected chi connectivity index (χ3v) is 3.38. The zero-order valence-corrected chi connectivity index (χ0v) is 13.6. The molecule has 0 aliphatic rings. The number of nitrogens with one attached hydrogen (secondary N) is 2. The van der Waals surface area contributed by atoms with Crippen LogP contribution in [0.3, 0.4) is 0 Å². The van der Waals surface area contributed by atoms with E-state index in [2.05, 4.69) is 29.1 Å². The van der Waals surface area contributed by atoms with Crippen LogP contribution in [0.5, 0.6) is 5.75 Å². The van der Waals surface area contributed by atoms with Crippen LogP contribution in [-0.4, -0.2) is 27.7 Å². The van der Waals surface area contributed by atoms with Crippen LogP contribution in [0.25, 0.3) is 0 Å². The Balaban J connectivity index is 1.99. The van der Waals surface area contributed by atoms with E-state index in [9.17, 15) is 0 Å². The van der Waals surface area contributed by atoms with Gasteiger partial charge in [0.15, 0.2) is 0 Å². The molecule has 21 heavy (non-hydrogen) atoms. The normalized spacial score (nSPS) is 11.4. The Morgan fingerprint density at radius 2 is 1.81 bits per heavy atom. The van der Waals surface area contributed by atoms with Crippen LogP contribution >= 0.6 is 24.4 Å². The first-order chi connectivity index (χ1) is 10.1. The van der Waals surface area contributed by atoms with Crippen molar-refractivity contribution < 1.29 is 4.74 Å². The quantitative estimate of drug-likeness (QED) is 0.626. The molecule has 0 unspecified atom stereocenters. The van der Waals surface area contributed by atoms with E-state index < -0.39 is 0 Å². The summed E-state index contributed by atoms with van der Waals surface area (Å²) in [6.45, 7) is 5.10. The van der Waals surface area contributed by atoms with Crippen molar-refractivity contribution in [2.24, 2.45) is 11.0 Å². The largest absolute Gasteiger partial charge is 0.494 e. The van der Waals surface area contributed by atoms with E-state index >= 15 is 0 Å². The maximum atomic E-state index is 5.67. The van der Waals surface area contributed by atoms with Gasteiger partial charge in [0.05, 0.1) is 12.8 Å². The molecule has 5 nitrogen and oxygen atoms in total. The highest BCUT2D eigenvalue weighted by Gasteiger charge is 1.97. The smallest absolute Gasteiger partial charge is 0.215 e. The van der Waals surface area contributed by atoms with Gasteiger partial charge in [0.1, 0.15) is 5.75 Å². The Kier molecular flexibility index (Phi) is 5.46. The van der Waals surface area contributed by atoms with Gasteiger partial charge in [0.25, 0.3) is 0 Å². The Morgan fingerprint density at radius 1 is 1.19 bits per heavy atom. The van der Waals surface area contributed by atoms with Crippen molar-refractivity contribution in [3.05, 3.63) is 39.4 Å². The van der Waals surface area contributed by atoms with Crippen molar-refractivity contribution in [3.63, 3.8) is 0 Å². The zero-order chi connectivity index (χ0) is 15.2. The topological polar surface area (TPSA) is 58.1 Å². The highest BCUT2D eigenvalue weighted by atomic mass is 32.1. The summed E-state index contributed by atoms with van der Waals surface area (Å²) in [7, 11) is 0. The fourth-order valence-corrected chi connectivity index (χ4v) is 2.03. The first kappa shape index (κ1) is 15.7. The van der Waals surface area contributed by atoms with Crippen LogP contribution < -0.4 is 4.74 Å². The summed E-state index contributed by atoms with van der Waals surface area (Å²) in [4.78, 5) is 0. The monoisotopic (exact) mass is 322 g/mol. The molecule has 1 aromatic carbocycles. The van der Waals surface area contributed by atoms with Crippen LogP contribution in [0.15, 0.2) is 29.4 Å². The highest BCUT2D eigenvalue weighted by molar-refractivity contribution is 7.72. The maximum Gasteiger partial charge on any atom is 0.215 e. The van der Waals surface area contributed by atoms with Gasteiger partial charge in [-0.15, -0.1) is 0 Å². The lowest BCUT2D eigenvalue weighted by Gasteiger charge is -2.07. The van der Waals surface area contributed by atoms with E-state index in [-0.39, 0.29) is 0 Å². The number of ether oxygens (including phenoxy) is 1. The summed E-state index contributed by atoms with van der Waals surface area (Å²) < 4.78 is 7.99. The molecular weight excluding hydrogens is 304 g/mol. The van der Waals surface area contributed by atoms with Gasteiger partial charge < -0.3 is 4.74 Å². The van der Waals surface area contributed by atoms with E-state index in [1.807, 2.05) is 24.3 Å². The Morgan fingerprint density at radius 3 is 2.38 bits per heavy atom. The zero-order valence-electron chi connectivity index (χ0n) is 12.0. The minimum atomic E-state index is 0.435. The molecule has 2 aromatic rings. The van der Waals surface area contributed by atoms with Crippen LogP contribution in [-0.2, 0) is 0 Å². The summed E-state index contributed by atoms with van der Waals surface area (Å²) in [5, 5.41) is 9.69. The molecule has 112 valence electrons. The molecule has 2 N–H and O–H groups in total. The van der Waals surface area contributed by atoms with Crippen LogP contribution in [0.2, 0.25) is 0 Å². The molecule has 7 heteroatoms. The lowest BCUT2D eigenvalue weighted by Crippen LogP contribution is -2.01. The fraction of sp³-hybridized carbons (Fsp3) is 0.357. The van der Waals surface area contributed by atoms with Crippen molar-refractivity contribution in [1.29, 1.82) is 0 Å². The average Bonchev–Trinajstić information content (AvgIpc) is 2.77. The maximum absolute atomic E-state index is 5.67. The van der Waals surface area contributed by atoms with Gasteiger partial charge in [0.2, 0.25) is 9.54 Å². The van der Waals surface area contributed by atoms with Gasteiger partial charge in [0, 0.05) is 0 Å². The lowest BCUT2D eigenvalue weighted by atomic mass is 10.1. The average molecular weight is 322 g/mol.